The van der Waals surface area contributed by atoms with Gasteiger partial charge in [0.1, 0.15) is 11.9 Å². The van der Waals surface area contributed by atoms with E-state index in [2.05, 4.69) is 21.7 Å². The lowest BCUT2D eigenvalue weighted by molar-refractivity contribution is -0.120. The van der Waals surface area contributed by atoms with E-state index in [4.69, 9.17) is 5.26 Å². The lowest BCUT2D eigenvalue weighted by atomic mass is 10.1. The SMILES string of the molecule is CCN(CC)S(=O)(=O)c1ccc(CCC(=O)NCCNc2ncccc2C#N)cc1. The number of hydrogen-bond donors (Lipinski definition) is 2. The molecule has 2 aromatic rings. The van der Waals surface area contributed by atoms with Crippen LogP contribution in [0.2, 0.25) is 0 Å². The Labute approximate surface area is 178 Å². The molecule has 2 rings (SSSR count). The molecule has 0 bridgehead atoms. The van der Waals surface area contributed by atoms with Crippen LogP contribution < -0.4 is 10.6 Å². The molecule has 0 fully saturated rings. The minimum Gasteiger partial charge on any atom is -0.367 e. The summed E-state index contributed by atoms with van der Waals surface area (Å²) in [5, 5.41) is 14.9. The highest BCUT2D eigenvalue weighted by Gasteiger charge is 2.21. The first kappa shape index (κ1) is 23.3. The van der Waals surface area contributed by atoms with Gasteiger partial charge in [-0.25, -0.2) is 13.4 Å². The molecule has 1 aromatic carbocycles. The van der Waals surface area contributed by atoms with Gasteiger partial charge in [0.15, 0.2) is 0 Å². The molecule has 0 atom stereocenters. The Morgan fingerprint density at radius 3 is 2.47 bits per heavy atom. The minimum absolute atomic E-state index is 0.0989. The summed E-state index contributed by atoms with van der Waals surface area (Å²) in [5.41, 5.74) is 1.35. The predicted octanol–water partition coefficient (Wildman–Crippen LogP) is 2.14. The van der Waals surface area contributed by atoms with E-state index in [1.54, 1.807) is 42.6 Å². The largest absolute Gasteiger partial charge is 0.367 e. The molecule has 8 nitrogen and oxygen atoms in total. The Bertz CT molecular complexity index is 980. The topological polar surface area (TPSA) is 115 Å². The number of sulfonamides is 1. The van der Waals surface area contributed by atoms with Crippen molar-refractivity contribution in [1.29, 1.82) is 5.26 Å². The summed E-state index contributed by atoms with van der Waals surface area (Å²) in [4.78, 5) is 16.4. The Hall–Kier alpha value is -2.96. The number of aryl methyl sites for hydroxylation is 1. The van der Waals surface area contributed by atoms with Crippen molar-refractivity contribution >= 4 is 21.7 Å². The number of carbonyl (C=O) groups is 1. The molecule has 1 amide bonds. The molecule has 0 aliphatic carbocycles. The maximum atomic E-state index is 12.5. The predicted molar refractivity (Wildman–Crippen MR) is 115 cm³/mol. The molecule has 9 heteroatoms. The minimum atomic E-state index is -3.47. The van der Waals surface area contributed by atoms with Crippen molar-refractivity contribution < 1.29 is 13.2 Å². The molecule has 0 spiro atoms. The Morgan fingerprint density at radius 1 is 1.13 bits per heavy atom. The number of nitriles is 1. The molecule has 0 aliphatic heterocycles. The van der Waals surface area contributed by atoms with Gasteiger partial charge in [0.25, 0.3) is 0 Å². The van der Waals surface area contributed by atoms with Crippen LogP contribution in [0.25, 0.3) is 0 Å². The number of amides is 1. The normalized spacial score (nSPS) is 11.1. The zero-order valence-corrected chi connectivity index (χ0v) is 18.1. The van der Waals surface area contributed by atoms with Crippen LogP contribution in [0, 0.1) is 11.3 Å². The van der Waals surface area contributed by atoms with E-state index in [9.17, 15) is 13.2 Å². The van der Waals surface area contributed by atoms with E-state index in [1.807, 2.05) is 13.8 Å². The third-order valence-corrected chi connectivity index (χ3v) is 6.64. The van der Waals surface area contributed by atoms with Gasteiger partial charge >= 0.3 is 0 Å². The number of rotatable bonds is 11. The third-order valence-electron chi connectivity index (χ3n) is 4.58. The average molecular weight is 430 g/mol. The van der Waals surface area contributed by atoms with Gasteiger partial charge in [-0.1, -0.05) is 26.0 Å². The Kier molecular flexibility index (Phi) is 8.77. The zero-order valence-electron chi connectivity index (χ0n) is 17.3. The monoisotopic (exact) mass is 429 g/mol. The third kappa shape index (κ3) is 6.27. The van der Waals surface area contributed by atoms with E-state index in [0.29, 0.717) is 50.4 Å². The van der Waals surface area contributed by atoms with E-state index in [1.165, 1.54) is 4.31 Å². The quantitative estimate of drug-likeness (QED) is 0.529. The second-order valence-corrected chi connectivity index (χ2v) is 8.46. The number of pyridine rings is 1. The number of nitrogens with zero attached hydrogens (tertiary/aromatic N) is 3. The van der Waals surface area contributed by atoms with Crippen LogP contribution in [0.4, 0.5) is 5.82 Å². The van der Waals surface area contributed by atoms with Gasteiger partial charge in [0.2, 0.25) is 15.9 Å². The fourth-order valence-corrected chi connectivity index (χ4v) is 4.36. The molecule has 0 saturated heterocycles. The second kappa shape index (κ2) is 11.3. The molecule has 1 heterocycles. The molecule has 1 aromatic heterocycles. The van der Waals surface area contributed by atoms with Gasteiger partial charge in [0, 0.05) is 38.8 Å². The summed E-state index contributed by atoms with van der Waals surface area (Å²) in [5.74, 6) is 0.396. The van der Waals surface area contributed by atoms with Crippen LogP contribution >= 0.6 is 0 Å². The first-order valence-corrected chi connectivity index (χ1v) is 11.3. The van der Waals surface area contributed by atoms with Crippen LogP contribution in [0.15, 0.2) is 47.5 Å². The number of benzene rings is 1. The van der Waals surface area contributed by atoms with Crippen molar-refractivity contribution in [3.63, 3.8) is 0 Å². The van der Waals surface area contributed by atoms with Crippen molar-refractivity contribution in [2.24, 2.45) is 0 Å². The van der Waals surface area contributed by atoms with Crippen molar-refractivity contribution in [3.8, 4) is 6.07 Å². The fraction of sp³-hybridized carbons (Fsp3) is 0.381. The summed E-state index contributed by atoms with van der Waals surface area (Å²) in [6, 6.07) is 12.1. The van der Waals surface area contributed by atoms with Gasteiger partial charge < -0.3 is 10.6 Å². The van der Waals surface area contributed by atoms with E-state index < -0.39 is 10.0 Å². The molecule has 0 unspecified atom stereocenters. The second-order valence-electron chi connectivity index (χ2n) is 6.52. The molecule has 30 heavy (non-hydrogen) atoms. The summed E-state index contributed by atoms with van der Waals surface area (Å²) < 4.78 is 26.4. The number of hydrogen-bond acceptors (Lipinski definition) is 6. The smallest absolute Gasteiger partial charge is 0.243 e. The first-order chi connectivity index (χ1) is 14.4. The first-order valence-electron chi connectivity index (χ1n) is 9.87. The molecule has 0 saturated carbocycles. The fourth-order valence-electron chi connectivity index (χ4n) is 2.91. The molecule has 0 radical (unpaired) electrons. The van der Waals surface area contributed by atoms with Crippen molar-refractivity contribution in [1.82, 2.24) is 14.6 Å². The lowest BCUT2D eigenvalue weighted by Crippen LogP contribution is -2.30. The Morgan fingerprint density at radius 2 is 1.83 bits per heavy atom. The van der Waals surface area contributed by atoms with Crippen LogP contribution in [0.5, 0.6) is 0 Å². The lowest BCUT2D eigenvalue weighted by Gasteiger charge is -2.18. The van der Waals surface area contributed by atoms with Gasteiger partial charge in [-0.3, -0.25) is 4.79 Å². The standard InChI is InChI=1S/C21H27N5O3S/c1-3-26(4-2)30(28,29)19-10-7-17(8-11-19)9-12-20(27)23-14-15-25-21-18(16-22)6-5-13-24-21/h5-8,10-11,13H,3-4,9,12,14-15H2,1-2H3,(H,23,27)(H,24,25). The van der Waals surface area contributed by atoms with E-state index in [0.717, 1.165) is 5.56 Å². The summed E-state index contributed by atoms with van der Waals surface area (Å²) in [7, 11) is -3.47. The van der Waals surface area contributed by atoms with Crippen LogP contribution in [-0.2, 0) is 21.2 Å². The molecule has 160 valence electrons. The summed E-state index contributed by atoms with van der Waals surface area (Å²) in [6.07, 6.45) is 2.42. The van der Waals surface area contributed by atoms with Crippen molar-refractivity contribution in [2.75, 3.05) is 31.5 Å². The summed E-state index contributed by atoms with van der Waals surface area (Å²) >= 11 is 0. The molecule has 2 N–H and O–H groups in total. The van der Waals surface area contributed by atoms with Gasteiger partial charge in [0.05, 0.1) is 10.5 Å². The van der Waals surface area contributed by atoms with Crippen LogP contribution in [-0.4, -0.2) is 49.8 Å². The van der Waals surface area contributed by atoms with Crippen molar-refractivity contribution in [3.05, 3.63) is 53.7 Å². The van der Waals surface area contributed by atoms with E-state index >= 15 is 0 Å². The maximum absolute atomic E-state index is 12.5. The number of anilines is 1. The van der Waals surface area contributed by atoms with E-state index in [-0.39, 0.29) is 10.8 Å². The van der Waals surface area contributed by atoms with Gasteiger partial charge in [-0.05, 0) is 36.2 Å². The van der Waals surface area contributed by atoms with Crippen LogP contribution in [0.3, 0.4) is 0 Å². The number of carbonyl (C=O) groups excluding carboxylic acids is 1. The molecular formula is C21H27N5O3S. The highest BCUT2D eigenvalue weighted by Crippen LogP contribution is 2.17. The summed E-state index contributed by atoms with van der Waals surface area (Å²) in [6.45, 7) is 5.32. The average Bonchev–Trinajstić information content (AvgIpc) is 2.76. The van der Waals surface area contributed by atoms with Crippen LogP contribution in [0.1, 0.15) is 31.4 Å². The van der Waals surface area contributed by atoms with Gasteiger partial charge in [-0.2, -0.15) is 9.57 Å². The number of nitrogens with one attached hydrogen (secondary N) is 2. The van der Waals surface area contributed by atoms with Crippen molar-refractivity contribution in [2.45, 2.75) is 31.6 Å². The highest BCUT2D eigenvalue weighted by molar-refractivity contribution is 7.89. The molecule has 0 aliphatic rings. The maximum Gasteiger partial charge on any atom is 0.243 e. The number of aromatic nitrogens is 1. The Balaban J connectivity index is 1.78. The highest BCUT2D eigenvalue weighted by atomic mass is 32.2. The van der Waals surface area contributed by atoms with Gasteiger partial charge in [-0.15, -0.1) is 0 Å². The zero-order chi connectivity index (χ0) is 22.0. The molecular weight excluding hydrogens is 402 g/mol.